The van der Waals surface area contributed by atoms with Gasteiger partial charge in [-0.05, 0) is 0 Å². The normalized spacial score (nSPS) is 36.4. The molecule has 6 aliphatic heterocycles. The van der Waals surface area contributed by atoms with E-state index in [0.29, 0.717) is 0 Å². The minimum atomic E-state index is -4.13. The van der Waals surface area contributed by atoms with Crippen molar-refractivity contribution >= 4 is 75.7 Å². The van der Waals surface area contributed by atoms with Crippen LogP contribution >= 0.6 is 0 Å². The van der Waals surface area contributed by atoms with E-state index in [1.165, 1.54) is 0 Å². The van der Waals surface area contributed by atoms with Gasteiger partial charge in [0.15, 0.2) is 0 Å². The monoisotopic (exact) mass is 433 g/mol. The minimum Gasteiger partial charge on any atom is -0.369 e. The maximum atomic E-state index is 10.4. The van der Waals surface area contributed by atoms with Crippen molar-refractivity contribution in [3.8, 4) is 0 Å². The fourth-order valence-corrected chi connectivity index (χ4v) is 21.9. The Kier molecular flexibility index (Phi) is 3.71. The molecule has 6 saturated heterocycles. The maximum absolute atomic E-state index is 10.4. The van der Waals surface area contributed by atoms with E-state index in [9.17, 15) is 4.80 Å². The Hall–Kier alpha value is 1.22. The third-order valence-electron chi connectivity index (χ3n) is 2.14. The molecule has 0 aromatic carbocycles. The van der Waals surface area contributed by atoms with Gasteiger partial charge in [0.1, 0.15) is 0 Å². The number of rotatable bonds is 0. The zero-order valence-electron chi connectivity index (χ0n) is 9.35. The van der Waals surface area contributed by atoms with E-state index in [1.54, 1.807) is 0 Å². The zero-order chi connectivity index (χ0) is 14.0. The Labute approximate surface area is 130 Å². The van der Waals surface area contributed by atoms with Crippen LogP contribution in [-0.4, -0.2) is 80.5 Å². The van der Waals surface area contributed by atoms with Gasteiger partial charge in [0.2, 0.25) is 0 Å². The summed E-state index contributed by atoms with van der Waals surface area (Å²) in [6, 6.07) is 0. The van der Waals surface area contributed by atoms with Crippen molar-refractivity contribution < 1.29 is 54.2 Å². The van der Waals surface area contributed by atoms with Gasteiger partial charge in [-0.15, -0.1) is 0 Å². The summed E-state index contributed by atoms with van der Waals surface area (Å²) in [6.07, 6.45) is 0. The third-order valence-corrected chi connectivity index (χ3v) is 19.2. The molecule has 111 valence electrons. The molecule has 0 amide bonds. The van der Waals surface area contributed by atoms with E-state index in [4.69, 9.17) is 49.4 Å². The molecule has 0 aromatic rings. The average molecular weight is 434 g/mol. The van der Waals surface area contributed by atoms with Crippen LogP contribution in [0.15, 0.2) is 0 Å². The first-order valence-electron chi connectivity index (χ1n) is 5.12. The van der Waals surface area contributed by atoms with Crippen LogP contribution in [0, 0.1) is 0 Å². The summed E-state index contributed by atoms with van der Waals surface area (Å²) in [7, 11) is -20.8. The molecule has 6 aliphatic rings. The summed E-state index contributed by atoms with van der Waals surface area (Å²) in [4.78, 5) is 10.4. The Bertz CT molecular complexity index is 353. The van der Waals surface area contributed by atoms with Crippen molar-refractivity contribution in [3.05, 3.63) is 0 Å². The van der Waals surface area contributed by atoms with Crippen LogP contribution in [0.4, 0.5) is 0 Å². The van der Waals surface area contributed by atoms with Crippen LogP contribution in [0.25, 0.3) is 0 Å². The van der Waals surface area contributed by atoms with Crippen molar-refractivity contribution in [1.29, 1.82) is 0 Å². The predicted octanol–water partition coefficient (Wildman–Crippen LogP) is -4.42. The van der Waals surface area contributed by atoms with Crippen molar-refractivity contribution in [2.45, 2.75) is 0 Å². The highest BCUT2D eigenvalue weighted by atomic mass is 28.6. The number of hydrogen-bond acceptors (Lipinski definition) is 13. The highest BCUT2D eigenvalue weighted by Gasteiger charge is 2.65. The summed E-state index contributed by atoms with van der Waals surface area (Å²) in [6.45, 7) is 0. The van der Waals surface area contributed by atoms with Gasteiger partial charge in [-0.1, -0.05) is 0 Å². The molecule has 0 aromatic heterocycles. The fraction of sp³-hybridized carbons (Fsp3) is 0. The van der Waals surface area contributed by atoms with Crippen molar-refractivity contribution in [2.24, 2.45) is 0 Å². The first-order valence-corrected chi connectivity index (χ1v) is 15.4. The standard InChI is InChI=1S/HO13Si8/c1-21-11-18-5-15-2-14-3-16(7-18)9-20(13-21)10-17(4-14)8-19(6-15)12-21/h1H. The summed E-state index contributed by atoms with van der Waals surface area (Å²) in [5, 5.41) is 0. The molecule has 0 unspecified atom stereocenters. The lowest BCUT2D eigenvalue weighted by molar-refractivity contribution is 0.00343. The molecule has 6 heterocycles. The molecule has 0 aliphatic carbocycles. The molecule has 0 spiro atoms. The van der Waals surface area contributed by atoms with Crippen molar-refractivity contribution in [3.63, 3.8) is 0 Å². The Balaban J connectivity index is 1.60. The summed E-state index contributed by atoms with van der Waals surface area (Å²) in [5.41, 5.74) is 0. The van der Waals surface area contributed by atoms with Crippen LogP contribution in [-0.2, 0) is 49.4 Å². The van der Waals surface area contributed by atoms with Crippen LogP contribution < -0.4 is 0 Å². The Morgan fingerprint density at radius 3 is 0.952 bits per heavy atom. The van der Waals surface area contributed by atoms with E-state index in [2.05, 4.69) is 0 Å². The largest absolute Gasteiger partial charge is 0.654 e. The quantitative estimate of drug-likeness (QED) is 0.369. The van der Waals surface area contributed by atoms with Gasteiger partial charge in [0, 0.05) is 0 Å². The van der Waals surface area contributed by atoms with Crippen LogP contribution in [0.1, 0.15) is 0 Å². The molecule has 7 radical (unpaired) electrons. The Morgan fingerprint density at radius 1 is 0.429 bits per heavy atom. The van der Waals surface area contributed by atoms with E-state index in [1.807, 2.05) is 0 Å². The highest BCUT2D eigenvalue weighted by molar-refractivity contribution is 6.84. The molecule has 6 fully saturated rings. The second kappa shape index (κ2) is 5.36. The smallest absolute Gasteiger partial charge is 0.369 e. The van der Waals surface area contributed by atoms with Gasteiger partial charge in [-0.25, -0.2) is 0 Å². The van der Waals surface area contributed by atoms with E-state index < -0.39 is 75.7 Å². The van der Waals surface area contributed by atoms with Gasteiger partial charge < -0.3 is 54.2 Å². The summed E-state index contributed by atoms with van der Waals surface area (Å²) < 4.78 is 65.6. The molecule has 8 bridgehead atoms. The molecular formula is HO13Si8. The predicted molar refractivity (Wildman–Crippen MR) is 61.3 cm³/mol. The molecule has 13 nitrogen and oxygen atoms in total. The van der Waals surface area contributed by atoms with Gasteiger partial charge >= 0.3 is 75.7 Å². The second-order valence-corrected chi connectivity index (χ2v) is 17.8. The second-order valence-electron chi connectivity index (χ2n) is 3.50. The lowest BCUT2D eigenvalue weighted by Gasteiger charge is -2.42. The summed E-state index contributed by atoms with van der Waals surface area (Å²) >= 11 is 0. The van der Waals surface area contributed by atoms with Gasteiger partial charge in [-0.2, -0.15) is 0 Å². The minimum absolute atomic E-state index is 2.26. The average Bonchev–Trinajstić information content (AvgIpc) is 2.23. The zero-order valence-corrected chi connectivity index (χ0v) is 17.3. The van der Waals surface area contributed by atoms with Gasteiger partial charge in [0.25, 0.3) is 0 Å². The lowest BCUT2D eigenvalue weighted by atomic mass is 15.5. The topological polar surface area (TPSA) is 131 Å². The molecule has 1 N–H and O–H groups in total. The van der Waals surface area contributed by atoms with E-state index in [0.717, 1.165) is 0 Å². The SMILES string of the molecule is O[Si]12O[Si]3O[Si]4O[Si]5O[Si](O3)O[Si](O[Si](O5)O[Si](O4)O1)O2. The molecule has 0 saturated carbocycles. The van der Waals surface area contributed by atoms with Crippen molar-refractivity contribution in [2.75, 3.05) is 0 Å². The molecule has 21 heteroatoms. The highest BCUT2D eigenvalue weighted by Crippen LogP contribution is 2.28. The third kappa shape index (κ3) is 2.87. The molecular weight excluding hydrogens is 433 g/mol. The van der Waals surface area contributed by atoms with Crippen LogP contribution in [0.5, 0.6) is 0 Å². The van der Waals surface area contributed by atoms with E-state index in [-0.39, 0.29) is 0 Å². The molecule has 0 atom stereocenters. The molecule has 6 rings (SSSR count). The van der Waals surface area contributed by atoms with Crippen LogP contribution in [0.2, 0.25) is 0 Å². The van der Waals surface area contributed by atoms with Gasteiger partial charge in [-0.3, -0.25) is 0 Å². The van der Waals surface area contributed by atoms with Gasteiger partial charge in [0.05, 0.1) is 0 Å². The first-order chi connectivity index (χ1) is 10.1. The lowest BCUT2D eigenvalue weighted by Crippen LogP contribution is -2.72. The van der Waals surface area contributed by atoms with Crippen LogP contribution in [0.3, 0.4) is 0 Å². The molecule has 21 heavy (non-hydrogen) atoms. The Morgan fingerprint density at radius 2 is 0.667 bits per heavy atom. The maximum Gasteiger partial charge on any atom is 0.654 e. The first kappa shape index (κ1) is 14.5. The van der Waals surface area contributed by atoms with E-state index >= 15 is 0 Å². The number of hydrogen-bond donors (Lipinski definition) is 1. The van der Waals surface area contributed by atoms with Crippen molar-refractivity contribution in [1.82, 2.24) is 0 Å². The summed E-state index contributed by atoms with van der Waals surface area (Å²) in [5.74, 6) is 0. The fourth-order valence-electron chi connectivity index (χ4n) is 1.43.